The van der Waals surface area contributed by atoms with Gasteiger partial charge >= 0.3 is 0 Å². The third kappa shape index (κ3) is 3.74. The zero-order valence-corrected chi connectivity index (χ0v) is 8.35. The van der Waals surface area contributed by atoms with E-state index in [1.807, 2.05) is 0 Å². The molecule has 0 radical (unpaired) electrons. The standard InChI is InChI=1S/C9H17ClO2/c1-8(6-10)7-12-9-4-2-3-5-11-9/h8-9H,2-7H2,1H3/t8-,9?/m1/s1. The molecular weight excluding hydrogens is 176 g/mol. The topological polar surface area (TPSA) is 18.5 Å². The first-order valence-corrected chi connectivity index (χ1v) is 5.15. The fraction of sp³-hybridized carbons (Fsp3) is 1.00. The number of ether oxygens (including phenoxy) is 2. The van der Waals surface area contributed by atoms with Crippen molar-refractivity contribution in [2.45, 2.75) is 32.5 Å². The average Bonchev–Trinajstić information content (AvgIpc) is 2.16. The van der Waals surface area contributed by atoms with E-state index in [2.05, 4.69) is 6.92 Å². The summed E-state index contributed by atoms with van der Waals surface area (Å²) in [5.74, 6) is 1.09. The predicted octanol–water partition coefficient (Wildman–Crippen LogP) is 2.40. The smallest absolute Gasteiger partial charge is 0.157 e. The van der Waals surface area contributed by atoms with Crippen LogP contribution in [0.3, 0.4) is 0 Å². The molecule has 1 aliphatic heterocycles. The summed E-state index contributed by atoms with van der Waals surface area (Å²) in [7, 11) is 0. The van der Waals surface area contributed by atoms with Gasteiger partial charge in [0.1, 0.15) is 0 Å². The minimum Gasteiger partial charge on any atom is -0.353 e. The molecule has 0 saturated carbocycles. The highest BCUT2D eigenvalue weighted by Crippen LogP contribution is 2.14. The summed E-state index contributed by atoms with van der Waals surface area (Å²) in [6.45, 7) is 3.64. The van der Waals surface area contributed by atoms with Crippen LogP contribution >= 0.6 is 11.6 Å². The highest BCUT2D eigenvalue weighted by Gasteiger charge is 2.14. The number of hydrogen-bond acceptors (Lipinski definition) is 2. The fourth-order valence-corrected chi connectivity index (χ4v) is 1.25. The van der Waals surface area contributed by atoms with Crippen molar-refractivity contribution in [2.24, 2.45) is 5.92 Å². The van der Waals surface area contributed by atoms with Crippen molar-refractivity contribution in [3.8, 4) is 0 Å². The first-order chi connectivity index (χ1) is 5.83. The molecule has 0 aromatic carbocycles. The second kappa shape index (κ2) is 5.79. The predicted molar refractivity (Wildman–Crippen MR) is 49.4 cm³/mol. The Morgan fingerprint density at radius 2 is 2.42 bits per heavy atom. The van der Waals surface area contributed by atoms with E-state index in [1.54, 1.807) is 0 Å². The van der Waals surface area contributed by atoms with Crippen LogP contribution in [0, 0.1) is 5.92 Å². The Balaban J connectivity index is 2.05. The van der Waals surface area contributed by atoms with Gasteiger partial charge in [-0.2, -0.15) is 0 Å². The highest BCUT2D eigenvalue weighted by molar-refractivity contribution is 6.18. The maximum Gasteiger partial charge on any atom is 0.157 e. The van der Waals surface area contributed by atoms with Crippen LogP contribution in [0.5, 0.6) is 0 Å². The van der Waals surface area contributed by atoms with Gasteiger partial charge in [0, 0.05) is 12.5 Å². The molecule has 0 N–H and O–H groups in total. The summed E-state index contributed by atoms with van der Waals surface area (Å²) in [5, 5.41) is 0. The first-order valence-electron chi connectivity index (χ1n) is 4.62. The van der Waals surface area contributed by atoms with Gasteiger partial charge in [-0.3, -0.25) is 0 Å². The summed E-state index contributed by atoms with van der Waals surface area (Å²) >= 11 is 5.65. The van der Waals surface area contributed by atoms with Crippen LogP contribution in [-0.2, 0) is 9.47 Å². The Morgan fingerprint density at radius 3 is 3.00 bits per heavy atom. The number of rotatable bonds is 4. The summed E-state index contributed by atoms with van der Waals surface area (Å²) < 4.78 is 10.9. The van der Waals surface area contributed by atoms with Crippen molar-refractivity contribution in [3.63, 3.8) is 0 Å². The molecule has 0 bridgehead atoms. The van der Waals surface area contributed by atoms with Gasteiger partial charge in [0.05, 0.1) is 6.61 Å². The molecule has 1 fully saturated rings. The Hall–Kier alpha value is 0.210. The van der Waals surface area contributed by atoms with E-state index in [0.717, 1.165) is 13.0 Å². The SMILES string of the molecule is C[C@H](CCl)COC1CCCCO1. The first kappa shape index (κ1) is 10.3. The molecule has 0 spiro atoms. The van der Waals surface area contributed by atoms with Gasteiger partial charge in [-0.15, -0.1) is 11.6 Å². The van der Waals surface area contributed by atoms with Gasteiger partial charge < -0.3 is 9.47 Å². The number of hydrogen-bond donors (Lipinski definition) is 0. The quantitative estimate of drug-likeness (QED) is 0.637. The van der Waals surface area contributed by atoms with Crippen molar-refractivity contribution < 1.29 is 9.47 Å². The zero-order chi connectivity index (χ0) is 8.81. The van der Waals surface area contributed by atoms with Crippen LogP contribution < -0.4 is 0 Å². The van der Waals surface area contributed by atoms with Crippen LogP contribution in [-0.4, -0.2) is 25.4 Å². The molecule has 72 valence electrons. The number of halogens is 1. The second-order valence-electron chi connectivity index (χ2n) is 3.39. The van der Waals surface area contributed by atoms with Gasteiger partial charge in [0.2, 0.25) is 0 Å². The summed E-state index contributed by atoms with van der Waals surface area (Å²) in [6, 6.07) is 0. The van der Waals surface area contributed by atoms with E-state index >= 15 is 0 Å². The lowest BCUT2D eigenvalue weighted by Crippen LogP contribution is -2.24. The van der Waals surface area contributed by atoms with Crippen LogP contribution in [0.1, 0.15) is 26.2 Å². The Bertz CT molecular complexity index is 113. The lowest BCUT2D eigenvalue weighted by molar-refractivity contribution is -0.167. The molecule has 2 nitrogen and oxygen atoms in total. The molecule has 1 heterocycles. The molecule has 1 saturated heterocycles. The normalized spacial score (nSPS) is 27.0. The molecule has 0 aromatic rings. The lowest BCUT2D eigenvalue weighted by Gasteiger charge is -2.23. The van der Waals surface area contributed by atoms with E-state index in [1.165, 1.54) is 12.8 Å². The maximum atomic E-state index is 5.65. The second-order valence-corrected chi connectivity index (χ2v) is 3.70. The van der Waals surface area contributed by atoms with E-state index < -0.39 is 0 Å². The average molecular weight is 193 g/mol. The maximum absolute atomic E-state index is 5.65. The van der Waals surface area contributed by atoms with Crippen LogP contribution in [0.15, 0.2) is 0 Å². The molecule has 1 aliphatic rings. The third-order valence-electron chi connectivity index (χ3n) is 1.97. The minimum atomic E-state index is 0.0319. The van der Waals surface area contributed by atoms with Crippen molar-refractivity contribution in [3.05, 3.63) is 0 Å². The van der Waals surface area contributed by atoms with Crippen molar-refractivity contribution in [2.75, 3.05) is 19.1 Å². The summed E-state index contributed by atoms with van der Waals surface area (Å²) in [6.07, 6.45) is 3.46. The Labute approximate surface area is 79.2 Å². The van der Waals surface area contributed by atoms with Crippen molar-refractivity contribution >= 4 is 11.6 Å². The lowest BCUT2D eigenvalue weighted by atomic mass is 10.2. The molecule has 1 rings (SSSR count). The Kier molecular flexibility index (Phi) is 4.96. The van der Waals surface area contributed by atoms with E-state index in [0.29, 0.717) is 18.4 Å². The van der Waals surface area contributed by atoms with Gasteiger partial charge in [-0.1, -0.05) is 6.92 Å². The van der Waals surface area contributed by atoms with Gasteiger partial charge in [0.25, 0.3) is 0 Å². The fourth-order valence-electron chi connectivity index (χ4n) is 1.16. The van der Waals surface area contributed by atoms with Gasteiger partial charge in [-0.25, -0.2) is 0 Å². The number of alkyl halides is 1. The Morgan fingerprint density at radius 1 is 1.58 bits per heavy atom. The zero-order valence-electron chi connectivity index (χ0n) is 7.59. The molecule has 3 heteroatoms. The summed E-state index contributed by atoms with van der Waals surface area (Å²) in [4.78, 5) is 0. The molecule has 2 atom stereocenters. The van der Waals surface area contributed by atoms with Gasteiger partial charge in [-0.05, 0) is 25.2 Å². The van der Waals surface area contributed by atoms with Crippen molar-refractivity contribution in [1.29, 1.82) is 0 Å². The summed E-state index contributed by atoms with van der Waals surface area (Å²) in [5.41, 5.74) is 0. The van der Waals surface area contributed by atoms with Crippen molar-refractivity contribution in [1.82, 2.24) is 0 Å². The molecular formula is C9H17ClO2. The molecule has 12 heavy (non-hydrogen) atoms. The highest BCUT2D eigenvalue weighted by atomic mass is 35.5. The minimum absolute atomic E-state index is 0.0319. The van der Waals surface area contributed by atoms with Gasteiger partial charge in [0.15, 0.2) is 6.29 Å². The molecule has 0 amide bonds. The van der Waals surface area contributed by atoms with E-state index in [-0.39, 0.29) is 6.29 Å². The molecule has 1 unspecified atom stereocenters. The van der Waals surface area contributed by atoms with E-state index in [9.17, 15) is 0 Å². The molecule has 0 aromatic heterocycles. The third-order valence-corrected chi connectivity index (χ3v) is 2.49. The van der Waals surface area contributed by atoms with Crippen LogP contribution in [0.25, 0.3) is 0 Å². The van der Waals surface area contributed by atoms with Crippen LogP contribution in [0.4, 0.5) is 0 Å². The van der Waals surface area contributed by atoms with Crippen LogP contribution in [0.2, 0.25) is 0 Å². The molecule has 0 aliphatic carbocycles. The largest absolute Gasteiger partial charge is 0.353 e. The van der Waals surface area contributed by atoms with E-state index in [4.69, 9.17) is 21.1 Å². The monoisotopic (exact) mass is 192 g/mol.